The lowest BCUT2D eigenvalue weighted by Gasteiger charge is -2.07. The lowest BCUT2D eigenvalue weighted by Crippen LogP contribution is -2.14. The molecule has 0 aromatic heterocycles. The second-order valence-electron chi connectivity index (χ2n) is 10.4. The zero-order chi connectivity index (χ0) is 34.1. The Labute approximate surface area is 271 Å². The molecule has 0 fully saturated rings. The van der Waals surface area contributed by atoms with Crippen LogP contribution in [0, 0.1) is 0 Å². The van der Waals surface area contributed by atoms with Gasteiger partial charge in [-0.15, -0.1) is 0 Å². The molecule has 0 aromatic carbocycles. The maximum atomic E-state index is 10.5. The molecule has 0 spiro atoms. The number of carbonyl (C=O) groups excluding carboxylic acids is 2. The zero-order valence-corrected chi connectivity index (χ0v) is 31.3. The van der Waals surface area contributed by atoms with Gasteiger partial charge in [0.25, 0.3) is 0 Å². The Morgan fingerprint density at radius 3 is 1.40 bits per heavy atom. The molecule has 0 saturated carbocycles. The van der Waals surface area contributed by atoms with E-state index in [1.54, 1.807) is 21.1 Å². The van der Waals surface area contributed by atoms with Crippen molar-refractivity contribution in [3.05, 3.63) is 0 Å². The summed E-state index contributed by atoms with van der Waals surface area (Å²) < 4.78 is 30.7. The van der Waals surface area contributed by atoms with Crippen LogP contribution in [0.1, 0.15) is 139 Å². The van der Waals surface area contributed by atoms with Gasteiger partial charge in [-0.2, -0.15) is 0 Å². The minimum Gasteiger partial charge on any atom is -0.385 e. The lowest BCUT2D eigenvalue weighted by molar-refractivity contribution is -0.119. The lowest BCUT2D eigenvalue weighted by atomic mass is 10.2. The first kappa shape index (κ1) is 57.8. The van der Waals surface area contributed by atoms with E-state index >= 15 is 0 Å². The quantitative estimate of drug-likeness (QED) is 0.141. The standard InChI is InChI=1S/C6H15NO.C6H14O2S.C6H12O.C5H13N.C5H12O.C5H10O.CH4/c1-7(2)5-4-6-8-3;1-3-4-5-6-9(2,7)8;1-3-5-6(7)4-2;2*1-3-4-5-6-2;1-3-4-5(2)6;/h4-6H2,1-3H3;3-6H2,1-2H3;3-5H2,1-2H3;6H,3-5H2,1-2H3;3-5H2,1-2H3;3-4H2,1-2H3;1H4. The number of ketones is 2. The molecular weight excluding hydrogens is 564 g/mol. The monoisotopic (exact) mass is 645 g/mol. The van der Waals surface area contributed by atoms with Crippen LogP contribution in [0.4, 0.5) is 0 Å². The third kappa shape index (κ3) is 108. The van der Waals surface area contributed by atoms with Gasteiger partial charge in [-0.05, 0) is 79.7 Å². The molecule has 268 valence electrons. The molecule has 0 aromatic rings. The molecule has 0 heterocycles. The van der Waals surface area contributed by atoms with E-state index in [4.69, 9.17) is 9.47 Å². The van der Waals surface area contributed by atoms with Crippen LogP contribution in [0.3, 0.4) is 0 Å². The Bertz CT molecular complexity index is 569. The van der Waals surface area contributed by atoms with Crippen LogP contribution in [0.15, 0.2) is 0 Å². The maximum absolute atomic E-state index is 10.5. The SMILES string of the molecule is C.CCCC(=O)CC.CCCC(C)=O.CCCCCS(C)(=O)=O.CCCCNC.CCCCOC.COCCCN(C)C. The van der Waals surface area contributed by atoms with Crippen LogP contribution in [-0.2, 0) is 28.9 Å². The van der Waals surface area contributed by atoms with Crippen molar-refractivity contribution < 1.29 is 27.5 Å². The third-order valence-corrected chi connectivity index (χ3v) is 6.11. The number of carbonyl (C=O) groups is 2. The summed E-state index contributed by atoms with van der Waals surface area (Å²) in [5.74, 6) is 1.01. The highest BCUT2D eigenvalue weighted by Crippen LogP contribution is 1.96. The Morgan fingerprint density at radius 1 is 0.721 bits per heavy atom. The van der Waals surface area contributed by atoms with E-state index in [1.165, 1.54) is 31.9 Å². The second kappa shape index (κ2) is 53.7. The first-order chi connectivity index (χ1) is 19.7. The van der Waals surface area contributed by atoms with Crippen molar-refractivity contribution in [3.63, 3.8) is 0 Å². The average molecular weight is 645 g/mol. The van der Waals surface area contributed by atoms with E-state index in [-0.39, 0.29) is 13.2 Å². The number of rotatable bonds is 19. The van der Waals surface area contributed by atoms with Gasteiger partial charge in [0, 0.05) is 58.7 Å². The first-order valence-corrected chi connectivity index (χ1v) is 18.3. The van der Waals surface area contributed by atoms with Crippen LogP contribution in [0.5, 0.6) is 0 Å². The van der Waals surface area contributed by atoms with Gasteiger partial charge < -0.3 is 24.5 Å². The molecule has 0 radical (unpaired) electrons. The molecule has 0 aliphatic rings. The van der Waals surface area contributed by atoms with Crippen molar-refractivity contribution >= 4 is 21.4 Å². The molecule has 0 rings (SSSR count). The predicted octanol–water partition coefficient (Wildman–Crippen LogP) is 8.02. The topological polar surface area (TPSA) is 102 Å². The number of unbranched alkanes of at least 4 members (excludes halogenated alkanes) is 4. The van der Waals surface area contributed by atoms with Gasteiger partial charge in [0.2, 0.25) is 0 Å². The highest BCUT2D eigenvalue weighted by atomic mass is 32.2. The van der Waals surface area contributed by atoms with Crippen molar-refractivity contribution in [2.24, 2.45) is 0 Å². The Balaban J connectivity index is -0.0000000725. The van der Waals surface area contributed by atoms with Crippen LogP contribution < -0.4 is 5.32 Å². The van der Waals surface area contributed by atoms with Crippen molar-refractivity contribution in [2.75, 3.05) is 73.7 Å². The van der Waals surface area contributed by atoms with Gasteiger partial charge in [-0.3, -0.25) is 4.79 Å². The molecule has 9 heteroatoms. The van der Waals surface area contributed by atoms with Gasteiger partial charge in [0.1, 0.15) is 21.4 Å². The molecule has 0 amide bonds. The minimum atomic E-state index is -2.70. The minimum absolute atomic E-state index is 0. The van der Waals surface area contributed by atoms with Crippen molar-refractivity contribution in [1.82, 2.24) is 10.2 Å². The van der Waals surface area contributed by atoms with Crippen molar-refractivity contribution in [2.45, 2.75) is 139 Å². The van der Waals surface area contributed by atoms with Crippen molar-refractivity contribution in [3.8, 4) is 0 Å². The normalized spacial score (nSPS) is 9.53. The van der Waals surface area contributed by atoms with Crippen molar-refractivity contribution in [1.29, 1.82) is 0 Å². The zero-order valence-electron chi connectivity index (χ0n) is 30.5. The molecule has 0 unspecified atom stereocenters. The average Bonchev–Trinajstić information content (AvgIpc) is 2.92. The summed E-state index contributed by atoms with van der Waals surface area (Å²) >= 11 is 0. The molecule has 0 bridgehead atoms. The summed E-state index contributed by atoms with van der Waals surface area (Å²) in [5, 5.41) is 3.07. The number of methoxy groups -OCH3 is 2. The van der Waals surface area contributed by atoms with E-state index in [0.717, 1.165) is 77.7 Å². The smallest absolute Gasteiger partial charge is 0.147 e. The van der Waals surface area contributed by atoms with Crippen LogP contribution in [0.2, 0.25) is 0 Å². The number of hydrogen-bond donors (Lipinski definition) is 1. The summed E-state index contributed by atoms with van der Waals surface area (Å²) in [5.41, 5.74) is 0. The highest BCUT2D eigenvalue weighted by Gasteiger charge is 1.98. The van der Waals surface area contributed by atoms with E-state index in [1.807, 2.05) is 27.8 Å². The van der Waals surface area contributed by atoms with Crippen LogP contribution in [-0.4, -0.2) is 98.6 Å². The number of Topliss-reactive ketones (excluding diaryl/α,β-unsaturated/α-hetero) is 2. The van der Waals surface area contributed by atoms with Gasteiger partial charge in [0.15, 0.2) is 0 Å². The largest absolute Gasteiger partial charge is 0.385 e. The molecule has 0 aliphatic heterocycles. The Kier molecular flexibility index (Phi) is 72.1. The molecule has 0 aliphatic carbocycles. The van der Waals surface area contributed by atoms with Gasteiger partial charge >= 0.3 is 0 Å². The summed E-state index contributed by atoms with van der Waals surface area (Å²) in [6.07, 6.45) is 14.5. The Hall–Kier alpha value is -0.870. The molecule has 8 nitrogen and oxygen atoms in total. The second-order valence-corrected chi connectivity index (χ2v) is 12.6. The number of sulfone groups is 1. The number of nitrogens with zero attached hydrogens (tertiary/aromatic N) is 1. The van der Waals surface area contributed by atoms with Gasteiger partial charge in [0.05, 0.1) is 0 Å². The van der Waals surface area contributed by atoms with Gasteiger partial charge in [-0.1, -0.05) is 74.7 Å². The van der Waals surface area contributed by atoms with E-state index < -0.39 is 9.84 Å². The van der Waals surface area contributed by atoms with Crippen LogP contribution in [0.25, 0.3) is 0 Å². The summed E-state index contributed by atoms with van der Waals surface area (Å²) in [4.78, 5) is 22.6. The van der Waals surface area contributed by atoms with E-state index in [2.05, 4.69) is 45.1 Å². The fraction of sp³-hybridized carbons (Fsp3) is 0.941. The molecule has 0 atom stereocenters. The molecular formula is C34H80N2O6S. The van der Waals surface area contributed by atoms with Gasteiger partial charge in [-0.25, -0.2) is 8.42 Å². The fourth-order valence-corrected chi connectivity index (χ4v) is 3.32. The first-order valence-electron chi connectivity index (χ1n) is 16.2. The number of ether oxygens (including phenoxy) is 2. The van der Waals surface area contributed by atoms with Crippen LogP contribution >= 0.6 is 0 Å². The summed E-state index contributed by atoms with van der Waals surface area (Å²) in [6, 6.07) is 0. The molecule has 43 heavy (non-hydrogen) atoms. The third-order valence-electron chi connectivity index (χ3n) is 5.08. The van der Waals surface area contributed by atoms with E-state index in [0.29, 0.717) is 18.0 Å². The summed E-state index contributed by atoms with van der Waals surface area (Å²) in [6.45, 7) is 18.0. The molecule has 1 N–H and O–H groups in total. The Morgan fingerprint density at radius 2 is 1.19 bits per heavy atom. The maximum Gasteiger partial charge on any atom is 0.147 e. The number of nitrogens with one attached hydrogen (secondary N) is 1. The van der Waals surface area contributed by atoms with E-state index in [9.17, 15) is 18.0 Å². The highest BCUT2D eigenvalue weighted by molar-refractivity contribution is 7.90. The molecule has 0 saturated heterocycles. The fourth-order valence-electron chi connectivity index (χ4n) is 2.59. The number of hydrogen-bond acceptors (Lipinski definition) is 8. The predicted molar refractivity (Wildman–Crippen MR) is 192 cm³/mol. The summed E-state index contributed by atoms with van der Waals surface area (Å²) in [7, 11) is 6.88.